The highest BCUT2D eigenvalue weighted by Crippen LogP contribution is 2.27. The first-order valence-electron chi connectivity index (χ1n) is 7.93. The molecule has 0 fully saturated rings. The predicted octanol–water partition coefficient (Wildman–Crippen LogP) is 2.80. The lowest BCUT2D eigenvalue weighted by molar-refractivity contribution is 0.0907. The minimum absolute atomic E-state index is 0.0333. The van der Waals surface area contributed by atoms with Gasteiger partial charge in [-0.15, -0.1) is 0 Å². The van der Waals surface area contributed by atoms with E-state index in [1.54, 1.807) is 20.3 Å². The monoisotopic (exact) mass is 339 g/mol. The number of anilines is 2. The van der Waals surface area contributed by atoms with Gasteiger partial charge in [0.25, 0.3) is 0 Å². The standard InChI is InChI=1S/C18H21N5O2/c1-11(16(25-3)12-4-6-13(24-2)7-5-12)22-17-14-8-9-15(19)23-18(14)21-10-20-17/h4-11,16H,1-3H3,(H3,19,20,21,22,23)/t11-,16-/m0/s1. The molecule has 0 spiro atoms. The molecule has 7 nitrogen and oxygen atoms in total. The molecule has 0 saturated carbocycles. The molecule has 0 aliphatic rings. The van der Waals surface area contributed by atoms with Crippen LogP contribution in [-0.4, -0.2) is 35.2 Å². The second-order valence-electron chi connectivity index (χ2n) is 5.69. The number of methoxy groups -OCH3 is 2. The first kappa shape index (κ1) is 16.9. The fourth-order valence-corrected chi connectivity index (χ4v) is 2.79. The van der Waals surface area contributed by atoms with E-state index in [0.717, 1.165) is 16.7 Å². The predicted molar refractivity (Wildman–Crippen MR) is 97.6 cm³/mol. The minimum Gasteiger partial charge on any atom is -0.497 e. The van der Waals surface area contributed by atoms with Gasteiger partial charge in [-0.05, 0) is 36.8 Å². The summed E-state index contributed by atoms with van der Waals surface area (Å²) < 4.78 is 10.9. The number of nitrogens with two attached hydrogens (primary N) is 1. The lowest BCUT2D eigenvalue weighted by Crippen LogP contribution is -2.26. The number of hydrogen-bond donors (Lipinski definition) is 2. The van der Waals surface area contributed by atoms with Gasteiger partial charge in [-0.3, -0.25) is 0 Å². The third-order valence-electron chi connectivity index (χ3n) is 4.04. The van der Waals surface area contributed by atoms with Crippen molar-refractivity contribution in [2.45, 2.75) is 19.1 Å². The number of aromatic nitrogens is 3. The number of nitrogens with one attached hydrogen (secondary N) is 1. The van der Waals surface area contributed by atoms with Gasteiger partial charge in [0.15, 0.2) is 5.65 Å². The zero-order valence-electron chi connectivity index (χ0n) is 14.4. The number of nitrogen functional groups attached to an aromatic ring is 1. The molecule has 1 aromatic carbocycles. The Balaban J connectivity index is 1.85. The topological polar surface area (TPSA) is 95.2 Å². The van der Waals surface area contributed by atoms with Crippen molar-refractivity contribution in [2.24, 2.45) is 0 Å². The minimum atomic E-state index is -0.155. The summed E-state index contributed by atoms with van der Waals surface area (Å²) in [6.07, 6.45) is 1.32. The Labute approximate surface area is 146 Å². The van der Waals surface area contributed by atoms with Crippen LogP contribution in [0, 0.1) is 0 Å². The van der Waals surface area contributed by atoms with Gasteiger partial charge in [-0.1, -0.05) is 12.1 Å². The molecule has 7 heteroatoms. The van der Waals surface area contributed by atoms with Crippen molar-refractivity contribution in [1.82, 2.24) is 15.0 Å². The van der Waals surface area contributed by atoms with E-state index in [4.69, 9.17) is 15.2 Å². The summed E-state index contributed by atoms with van der Waals surface area (Å²) in [6.45, 7) is 2.04. The molecule has 2 heterocycles. The van der Waals surface area contributed by atoms with Crippen molar-refractivity contribution in [3.8, 4) is 5.75 Å². The normalized spacial score (nSPS) is 13.4. The molecule has 3 rings (SSSR count). The van der Waals surface area contributed by atoms with E-state index in [1.165, 1.54) is 6.33 Å². The third kappa shape index (κ3) is 3.61. The lowest BCUT2D eigenvalue weighted by atomic mass is 10.0. The Morgan fingerprint density at radius 3 is 2.48 bits per heavy atom. The second kappa shape index (κ2) is 7.31. The molecule has 3 N–H and O–H groups in total. The molecule has 3 aromatic rings. The molecule has 0 amide bonds. The van der Waals surface area contributed by atoms with Crippen molar-refractivity contribution < 1.29 is 9.47 Å². The van der Waals surface area contributed by atoms with E-state index in [0.29, 0.717) is 17.3 Å². The SMILES string of the molecule is COc1ccc([C@@H](OC)[C@H](C)Nc2ncnc3nc(N)ccc23)cc1. The van der Waals surface area contributed by atoms with E-state index < -0.39 is 0 Å². The molecule has 25 heavy (non-hydrogen) atoms. The van der Waals surface area contributed by atoms with Crippen LogP contribution in [-0.2, 0) is 4.74 Å². The van der Waals surface area contributed by atoms with Crippen molar-refractivity contribution in [3.63, 3.8) is 0 Å². The van der Waals surface area contributed by atoms with E-state index in [9.17, 15) is 0 Å². The maximum Gasteiger partial charge on any atom is 0.166 e. The Bertz CT molecular complexity index is 854. The van der Waals surface area contributed by atoms with E-state index in [1.807, 2.05) is 37.3 Å². The maximum absolute atomic E-state index is 5.72. The van der Waals surface area contributed by atoms with Crippen LogP contribution in [0.5, 0.6) is 5.75 Å². The van der Waals surface area contributed by atoms with Gasteiger partial charge in [-0.25, -0.2) is 15.0 Å². The van der Waals surface area contributed by atoms with Crippen LogP contribution in [0.1, 0.15) is 18.6 Å². The molecule has 2 atom stereocenters. The number of pyridine rings is 1. The average Bonchev–Trinajstić information content (AvgIpc) is 2.63. The fourth-order valence-electron chi connectivity index (χ4n) is 2.79. The van der Waals surface area contributed by atoms with Gasteiger partial charge >= 0.3 is 0 Å². The van der Waals surface area contributed by atoms with Crippen LogP contribution in [0.2, 0.25) is 0 Å². The average molecular weight is 339 g/mol. The Morgan fingerprint density at radius 2 is 1.80 bits per heavy atom. The summed E-state index contributed by atoms with van der Waals surface area (Å²) in [6, 6.07) is 11.4. The summed E-state index contributed by atoms with van der Waals surface area (Å²) in [7, 11) is 3.33. The van der Waals surface area contributed by atoms with Crippen molar-refractivity contribution >= 4 is 22.7 Å². The van der Waals surface area contributed by atoms with Crippen LogP contribution < -0.4 is 15.8 Å². The fraction of sp³-hybridized carbons (Fsp3) is 0.278. The maximum atomic E-state index is 5.72. The van der Waals surface area contributed by atoms with Crippen molar-refractivity contribution in [3.05, 3.63) is 48.3 Å². The molecule has 0 radical (unpaired) electrons. The number of fused-ring (bicyclic) bond motifs is 1. The number of benzene rings is 1. The Kier molecular flexibility index (Phi) is 4.95. The number of nitrogens with zero attached hydrogens (tertiary/aromatic N) is 3. The number of rotatable bonds is 6. The quantitative estimate of drug-likeness (QED) is 0.713. The molecule has 2 aromatic heterocycles. The molecule has 130 valence electrons. The van der Waals surface area contributed by atoms with E-state index in [2.05, 4.69) is 20.3 Å². The highest BCUT2D eigenvalue weighted by molar-refractivity contribution is 5.87. The zero-order valence-corrected chi connectivity index (χ0v) is 14.4. The molecule has 0 bridgehead atoms. The molecule has 0 saturated heterocycles. The molecular formula is C18H21N5O2. The van der Waals surface area contributed by atoms with Gasteiger partial charge in [0.05, 0.1) is 18.5 Å². The van der Waals surface area contributed by atoms with Gasteiger partial charge in [0, 0.05) is 7.11 Å². The Morgan fingerprint density at radius 1 is 1.04 bits per heavy atom. The summed E-state index contributed by atoms with van der Waals surface area (Å²) >= 11 is 0. The molecular weight excluding hydrogens is 318 g/mol. The van der Waals surface area contributed by atoms with Gasteiger partial charge in [-0.2, -0.15) is 0 Å². The van der Waals surface area contributed by atoms with Crippen molar-refractivity contribution in [2.75, 3.05) is 25.3 Å². The van der Waals surface area contributed by atoms with Crippen LogP contribution in [0.15, 0.2) is 42.7 Å². The van der Waals surface area contributed by atoms with Crippen LogP contribution >= 0.6 is 0 Å². The summed E-state index contributed by atoms with van der Waals surface area (Å²) in [4.78, 5) is 12.7. The smallest absolute Gasteiger partial charge is 0.166 e. The zero-order chi connectivity index (χ0) is 17.8. The largest absolute Gasteiger partial charge is 0.497 e. The summed E-state index contributed by atoms with van der Waals surface area (Å²) in [5.74, 6) is 1.93. The lowest BCUT2D eigenvalue weighted by Gasteiger charge is -2.25. The van der Waals surface area contributed by atoms with Crippen LogP contribution in [0.3, 0.4) is 0 Å². The number of hydrogen-bond acceptors (Lipinski definition) is 7. The third-order valence-corrected chi connectivity index (χ3v) is 4.04. The van der Waals surface area contributed by atoms with Crippen LogP contribution in [0.4, 0.5) is 11.6 Å². The van der Waals surface area contributed by atoms with Gasteiger partial charge in [0.2, 0.25) is 0 Å². The highest BCUT2D eigenvalue weighted by atomic mass is 16.5. The summed E-state index contributed by atoms with van der Waals surface area (Å²) in [5.41, 5.74) is 7.33. The molecule has 0 aliphatic heterocycles. The van der Waals surface area contributed by atoms with Gasteiger partial charge in [0.1, 0.15) is 29.8 Å². The van der Waals surface area contributed by atoms with E-state index >= 15 is 0 Å². The summed E-state index contributed by atoms with van der Waals surface area (Å²) in [5, 5.41) is 4.21. The molecule has 0 aliphatic carbocycles. The Hall–Kier alpha value is -2.93. The molecule has 0 unspecified atom stereocenters. The van der Waals surface area contributed by atoms with Crippen molar-refractivity contribution in [1.29, 1.82) is 0 Å². The van der Waals surface area contributed by atoms with Crippen LogP contribution in [0.25, 0.3) is 11.0 Å². The van der Waals surface area contributed by atoms with E-state index in [-0.39, 0.29) is 12.1 Å². The first-order chi connectivity index (χ1) is 12.1. The van der Waals surface area contributed by atoms with Gasteiger partial charge < -0.3 is 20.5 Å². The second-order valence-corrected chi connectivity index (χ2v) is 5.69. The highest BCUT2D eigenvalue weighted by Gasteiger charge is 2.20. The first-order valence-corrected chi connectivity index (χ1v) is 7.93. The number of ether oxygens (including phenoxy) is 2.